The normalized spacial score (nSPS) is 10.2. The maximum absolute atomic E-state index is 11.7. The minimum Gasteiger partial charge on any atom is -0.452 e. The molecule has 0 spiro atoms. The van der Waals surface area contributed by atoms with Gasteiger partial charge in [0.25, 0.3) is 5.91 Å². The lowest BCUT2D eigenvalue weighted by atomic mass is 10.1. The van der Waals surface area contributed by atoms with E-state index in [0.717, 1.165) is 6.42 Å². The predicted octanol–water partition coefficient (Wildman–Crippen LogP) is 1.76. The quantitative estimate of drug-likeness (QED) is 0.763. The monoisotopic (exact) mass is 319 g/mol. The van der Waals surface area contributed by atoms with Gasteiger partial charge >= 0.3 is 5.97 Å². The van der Waals surface area contributed by atoms with E-state index in [1.807, 2.05) is 17.5 Å². The van der Waals surface area contributed by atoms with Gasteiger partial charge in [-0.25, -0.2) is 4.79 Å². The summed E-state index contributed by atoms with van der Waals surface area (Å²) in [6, 6.07) is 10.4. The molecule has 1 heterocycles. The zero-order chi connectivity index (χ0) is 15.8. The van der Waals surface area contributed by atoms with Gasteiger partial charge in [-0.2, -0.15) is 0 Å². The van der Waals surface area contributed by atoms with Gasteiger partial charge in [-0.1, -0.05) is 18.2 Å². The smallest absolute Gasteiger partial charge is 0.338 e. The van der Waals surface area contributed by atoms with Crippen LogP contribution in [0.2, 0.25) is 0 Å². The second-order valence-electron chi connectivity index (χ2n) is 4.61. The van der Waals surface area contributed by atoms with E-state index in [0.29, 0.717) is 17.7 Å². The molecule has 0 saturated heterocycles. The van der Waals surface area contributed by atoms with Gasteiger partial charge < -0.3 is 15.2 Å². The van der Waals surface area contributed by atoms with E-state index in [-0.39, 0.29) is 19.1 Å². The fraction of sp³-hybridized carbons (Fsp3) is 0.250. The summed E-state index contributed by atoms with van der Waals surface area (Å²) in [6.45, 7) is 0.134. The highest BCUT2D eigenvalue weighted by molar-refractivity contribution is 7.09. The fourth-order valence-electron chi connectivity index (χ4n) is 1.79. The predicted molar refractivity (Wildman–Crippen MR) is 83.7 cm³/mol. The van der Waals surface area contributed by atoms with Gasteiger partial charge in [0.2, 0.25) is 0 Å². The molecule has 1 amide bonds. The van der Waals surface area contributed by atoms with Crippen LogP contribution in [0.15, 0.2) is 41.8 Å². The van der Waals surface area contributed by atoms with Gasteiger partial charge in [0.15, 0.2) is 6.61 Å². The van der Waals surface area contributed by atoms with Crippen molar-refractivity contribution in [3.63, 3.8) is 0 Å². The second kappa shape index (κ2) is 8.31. The summed E-state index contributed by atoms with van der Waals surface area (Å²) in [5, 5.41) is 13.6. The number of benzene rings is 1. The van der Waals surface area contributed by atoms with Gasteiger partial charge in [0.1, 0.15) is 0 Å². The number of carbonyl (C=O) groups is 2. The van der Waals surface area contributed by atoms with Crippen LogP contribution in [0.3, 0.4) is 0 Å². The molecule has 0 aliphatic heterocycles. The Balaban J connectivity index is 1.69. The molecule has 2 aromatic rings. The van der Waals surface area contributed by atoms with Gasteiger partial charge in [-0.3, -0.25) is 4.79 Å². The molecule has 0 radical (unpaired) electrons. The molecular formula is C16H17NO4S. The van der Waals surface area contributed by atoms with E-state index in [2.05, 4.69) is 5.32 Å². The lowest BCUT2D eigenvalue weighted by Gasteiger charge is -2.06. The summed E-state index contributed by atoms with van der Waals surface area (Å²) in [6.07, 6.45) is 0.764. The molecule has 1 aromatic carbocycles. The Kier molecular flexibility index (Phi) is 6.12. The van der Waals surface area contributed by atoms with Crippen molar-refractivity contribution in [2.45, 2.75) is 13.0 Å². The number of hydrogen-bond acceptors (Lipinski definition) is 5. The number of aliphatic hydroxyl groups excluding tert-OH is 1. The lowest BCUT2D eigenvalue weighted by molar-refractivity contribution is -0.124. The maximum atomic E-state index is 11.7. The summed E-state index contributed by atoms with van der Waals surface area (Å²) in [7, 11) is 0. The van der Waals surface area contributed by atoms with Crippen LogP contribution in [-0.2, 0) is 22.6 Å². The number of aliphatic hydroxyl groups is 1. The Morgan fingerprint density at radius 2 is 1.95 bits per heavy atom. The molecule has 0 saturated carbocycles. The van der Waals surface area contributed by atoms with Crippen molar-refractivity contribution in [1.82, 2.24) is 5.32 Å². The first-order valence-electron chi connectivity index (χ1n) is 6.85. The van der Waals surface area contributed by atoms with Crippen LogP contribution in [0.4, 0.5) is 0 Å². The topological polar surface area (TPSA) is 75.6 Å². The van der Waals surface area contributed by atoms with Crippen molar-refractivity contribution in [3.05, 3.63) is 57.8 Å². The van der Waals surface area contributed by atoms with Crippen LogP contribution in [0, 0.1) is 0 Å². The van der Waals surface area contributed by atoms with Crippen molar-refractivity contribution in [3.8, 4) is 0 Å². The average Bonchev–Trinajstić information content (AvgIpc) is 3.06. The minimum atomic E-state index is -0.558. The number of amides is 1. The summed E-state index contributed by atoms with van der Waals surface area (Å²) < 4.78 is 4.94. The maximum Gasteiger partial charge on any atom is 0.338 e. The van der Waals surface area contributed by atoms with Crippen molar-refractivity contribution in [2.24, 2.45) is 0 Å². The van der Waals surface area contributed by atoms with Gasteiger partial charge in [-0.15, -0.1) is 11.3 Å². The molecule has 2 N–H and O–H groups in total. The summed E-state index contributed by atoms with van der Waals surface area (Å²) in [5.41, 5.74) is 1.06. The van der Waals surface area contributed by atoms with Gasteiger partial charge in [0, 0.05) is 11.4 Å². The molecule has 1 aromatic heterocycles. The SMILES string of the molecule is O=C(COC(=O)c1ccc(CO)cc1)NCCc1cccs1. The first kappa shape index (κ1) is 16.2. The molecule has 116 valence electrons. The van der Waals surface area contributed by atoms with E-state index in [1.54, 1.807) is 35.6 Å². The second-order valence-corrected chi connectivity index (χ2v) is 5.64. The molecule has 0 fully saturated rings. The third-order valence-electron chi connectivity index (χ3n) is 2.98. The largest absolute Gasteiger partial charge is 0.452 e. The van der Waals surface area contributed by atoms with Crippen LogP contribution in [0.1, 0.15) is 20.8 Å². The third-order valence-corrected chi connectivity index (χ3v) is 3.92. The van der Waals surface area contributed by atoms with Crippen LogP contribution in [0.25, 0.3) is 0 Å². The van der Waals surface area contributed by atoms with Gasteiger partial charge in [0.05, 0.1) is 12.2 Å². The third kappa shape index (κ3) is 4.98. The Morgan fingerprint density at radius 3 is 2.59 bits per heavy atom. The Bertz CT molecular complexity index is 608. The zero-order valence-electron chi connectivity index (χ0n) is 12.0. The van der Waals surface area contributed by atoms with Crippen molar-refractivity contribution >= 4 is 23.2 Å². The number of rotatable bonds is 7. The number of thiophene rings is 1. The number of hydrogen-bond donors (Lipinski definition) is 2. The van der Waals surface area contributed by atoms with E-state index in [1.165, 1.54) is 4.88 Å². The number of ether oxygens (including phenoxy) is 1. The van der Waals surface area contributed by atoms with Crippen LogP contribution >= 0.6 is 11.3 Å². The van der Waals surface area contributed by atoms with Crippen LogP contribution in [0.5, 0.6) is 0 Å². The van der Waals surface area contributed by atoms with Crippen LogP contribution in [-0.4, -0.2) is 30.1 Å². The highest BCUT2D eigenvalue weighted by Gasteiger charge is 2.09. The summed E-state index contributed by atoms with van der Waals surface area (Å²) in [5.74, 6) is -0.880. The Morgan fingerprint density at radius 1 is 1.18 bits per heavy atom. The summed E-state index contributed by atoms with van der Waals surface area (Å²) in [4.78, 5) is 24.5. The van der Waals surface area contributed by atoms with Crippen molar-refractivity contribution in [1.29, 1.82) is 0 Å². The van der Waals surface area contributed by atoms with Crippen molar-refractivity contribution in [2.75, 3.05) is 13.2 Å². The number of nitrogens with one attached hydrogen (secondary N) is 1. The van der Waals surface area contributed by atoms with E-state index in [9.17, 15) is 9.59 Å². The fourth-order valence-corrected chi connectivity index (χ4v) is 2.50. The molecular weight excluding hydrogens is 302 g/mol. The molecule has 0 bridgehead atoms. The first-order valence-corrected chi connectivity index (χ1v) is 7.73. The minimum absolute atomic E-state index is 0.0814. The molecule has 0 unspecified atom stereocenters. The Hall–Kier alpha value is -2.18. The van der Waals surface area contributed by atoms with Gasteiger partial charge in [-0.05, 0) is 35.6 Å². The molecule has 0 aliphatic carbocycles. The number of carbonyl (C=O) groups excluding carboxylic acids is 2. The molecule has 0 atom stereocenters. The molecule has 22 heavy (non-hydrogen) atoms. The Labute approximate surface area is 132 Å². The number of esters is 1. The average molecular weight is 319 g/mol. The summed E-state index contributed by atoms with van der Waals surface area (Å²) >= 11 is 1.64. The standard InChI is InChI=1S/C16H17NO4S/c18-10-12-3-5-13(6-4-12)16(20)21-11-15(19)17-8-7-14-2-1-9-22-14/h1-6,9,18H,7-8,10-11H2,(H,17,19). The van der Waals surface area contributed by atoms with Crippen LogP contribution < -0.4 is 5.32 Å². The lowest BCUT2D eigenvalue weighted by Crippen LogP contribution is -2.30. The molecule has 5 nitrogen and oxygen atoms in total. The van der Waals surface area contributed by atoms with E-state index >= 15 is 0 Å². The zero-order valence-corrected chi connectivity index (χ0v) is 12.8. The van der Waals surface area contributed by atoms with E-state index in [4.69, 9.17) is 9.84 Å². The van der Waals surface area contributed by atoms with E-state index < -0.39 is 5.97 Å². The highest BCUT2D eigenvalue weighted by Crippen LogP contribution is 2.08. The molecule has 6 heteroatoms. The highest BCUT2D eigenvalue weighted by atomic mass is 32.1. The van der Waals surface area contributed by atoms with Crippen molar-refractivity contribution < 1.29 is 19.4 Å². The first-order chi connectivity index (χ1) is 10.7. The molecule has 0 aliphatic rings. The molecule has 2 rings (SSSR count).